The normalized spacial score (nSPS) is 10.9. The number of rotatable bonds is 7. The van der Waals surface area contributed by atoms with Crippen LogP contribution in [0, 0.1) is 18.3 Å². The number of nitrogens with zero attached hydrogens (tertiary/aromatic N) is 2. The van der Waals surface area contributed by atoms with Gasteiger partial charge in [0, 0.05) is 25.0 Å². The fraction of sp³-hybridized carbons (Fsp3) is 0.412. The van der Waals surface area contributed by atoms with Crippen molar-refractivity contribution in [2.45, 2.75) is 33.6 Å². The molecular weight excluding hydrogens is 262 g/mol. The summed E-state index contributed by atoms with van der Waals surface area (Å²) in [5.74, 6) is -0.361. The number of nitrogens with one attached hydrogen (secondary N) is 1. The van der Waals surface area contributed by atoms with E-state index in [0.29, 0.717) is 5.69 Å². The summed E-state index contributed by atoms with van der Waals surface area (Å²) in [6.07, 6.45) is 3.63. The maximum absolute atomic E-state index is 12.2. The van der Waals surface area contributed by atoms with E-state index in [1.165, 1.54) is 0 Å². The summed E-state index contributed by atoms with van der Waals surface area (Å²) in [5, 5.41) is 12.0. The third kappa shape index (κ3) is 5.70. The molecule has 0 radical (unpaired) electrons. The molecule has 0 heterocycles. The molecule has 21 heavy (non-hydrogen) atoms. The number of carbonyl (C=O) groups is 1. The van der Waals surface area contributed by atoms with Crippen molar-refractivity contribution in [3.63, 3.8) is 0 Å². The summed E-state index contributed by atoms with van der Waals surface area (Å²) in [6.45, 7) is 7.80. The molecule has 1 amide bonds. The largest absolute Gasteiger partial charge is 0.376 e. The van der Waals surface area contributed by atoms with Gasteiger partial charge in [-0.3, -0.25) is 4.79 Å². The van der Waals surface area contributed by atoms with Crippen LogP contribution in [-0.2, 0) is 4.79 Å². The fourth-order valence-corrected chi connectivity index (χ4v) is 2.06. The van der Waals surface area contributed by atoms with Gasteiger partial charge >= 0.3 is 0 Å². The van der Waals surface area contributed by atoms with Crippen molar-refractivity contribution < 1.29 is 4.79 Å². The minimum atomic E-state index is -0.361. The molecule has 4 nitrogen and oxygen atoms in total. The van der Waals surface area contributed by atoms with Crippen LogP contribution in [0.1, 0.15) is 32.3 Å². The van der Waals surface area contributed by atoms with Crippen molar-refractivity contribution in [1.82, 2.24) is 4.90 Å². The van der Waals surface area contributed by atoms with E-state index in [2.05, 4.69) is 19.2 Å². The third-order valence-corrected chi connectivity index (χ3v) is 2.97. The van der Waals surface area contributed by atoms with Gasteiger partial charge in [0.1, 0.15) is 11.6 Å². The second-order valence-electron chi connectivity index (χ2n) is 5.01. The van der Waals surface area contributed by atoms with Gasteiger partial charge in [0.05, 0.1) is 0 Å². The Balaban J connectivity index is 2.83. The molecule has 0 aromatic heterocycles. The molecule has 0 aliphatic rings. The molecule has 0 atom stereocenters. The molecule has 0 aliphatic carbocycles. The summed E-state index contributed by atoms with van der Waals surface area (Å²) < 4.78 is 0. The molecule has 1 aromatic rings. The predicted molar refractivity (Wildman–Crippen MR) is 85.7 cm³/mol. The van der Waals surface area contributed by atoms with Gasteiger partial charge in [-0.15, -0.1) is 0 Å². The Kier molecular flexibility index (Phi) is 7.03. The van der Waals surface area contributed by atoms with E-state index in [1.807, 2.05) is 42.2 Å². The second-order valence-corrected chi connectivity index (χ2v) is 5.01. The zero-order valence-electron chi connectivity index (χ0n) is 13.0. The van der Waals surface area contributed by atoms with E-state index in [9.17, 15) is 10.1 Å². The van der Waals surface area contributed by atoms with Gasteiger partial charge in [0.25, 0.3) is 5.91 Å². The molecule has 0 saturated carbocycles. The first kappa shape index (κ1) is 16.8. The minimum absolute atomic E-state index is 0.137. The smallest absolute Gasteiger partial charge is 0.267 e. The highest BCUT2D eigenvalue weighted by atomic mass is 16.1. The molecule has 0 unspecified atom stereocenters. The lowest BCUT2D eigenvalue weighted by Gasteiger charge is -2.19. The maximum atomic E-state index is 12.2. The number of aryl methyl sites for hydroxylation is 1. The molecule has 1 rings (SSSR count). The van der Waals surface area contributed by atoms with Crippen LogP contribution in [0.2, 0.25) is 0 Å². The van der Waals surface area contributed by atoms with Crippen LogP contribution < -0.4 is 5.32 Å². The predicted octanol–water partition coefficient (Wildman–Crippen LogP) is 3.46. The number of benzene rings is 1. The standard InChI is InChI=1S/C17H23N3O/c1-4-9-20(10-5-2)13-15(12-18)17(21)19-16-8-6-7-14(3)11-16/h6-8,11,13H,4-5,9-10H2,1-3H3,(H,19,21)/b15-13-. The summed E-state index contributed by atoms with van der Waals surface area (Å²) in [5.41, 5.74) is 1.91. The van der Waals surface area contributed by atoms with Crippen LogP contribution in [0.25, 0.3) is 0 Å². The lowest BCUT2D eigenvalue weighted by Crippen LogP contribution is -2.22. The summed E-state index contributed by atoms with van der Waals surface area (Å²) in [4.78, 5) is 14.2. The van der Waals surface area contributed by atoms with Gasteiger partial charge < -0.3 is 10.2 Å². The average Bonchev–Trinajstić information content (AvgIpc) is 2.45. The Hall–Kier alpha value is -2.28. The molecule has 0 saturated heterocycles. The minimum Gasteiger partial charge on any atom is -0.376 e. The highest BCUT2D eigenvalue weighted by Gasteiger charge is 2.11. The highest BCUT2D eigenvalue weighted by Crippen LogP contribution is 2.11. The average molecular weight is 285 g/mol. The van der Waals surface area contributed by atoms with Crippen LogP contribution in [-0.4, -0.2) is 23.9 Å². The first-order valence-corrected chi connectivity index (χ1v) is 7.34. The molecule has 112 valence electrons. The van der Waals surface area contributed by atoms with Crippen LogP contribution in [0.15, 0.2) is 36.0 Å². The zero-order valence-corrected chi connectivity index (χ0v) is 13.0. The Morgan fingerprint density at radius 2 is 2.00 bits per heavy atom. The molecule has 0 fully saturated rings. The second kappa shape index (κ2) is 8.80. The van der Waals surface area contributed by atoms with Gasteiger partial charge in [-0.2, -0.15) is 5.26 Å². The molecular formula is C17H23N3O. The van der Waals surface area contributed by atoms with E-state index >= 15 is 0 Å². The molecule has 1 N–H and O–H groups in total. The van der Waals surface area contributed by atoms with Crippen molar-refractivity contribution >= 4 is 11.6 Å². The Bertz CT molecular complexity index is 537. The maximum Gasteiger partial charge on any atom is 0.267 e. The van der Waals surface area contributed by atoms with Crippen LogP contribution in [0.4, 0.5) is 5.69 Å². The van der Waals surface area contributed by atoms with Crippen molar-refractivity contribution in [1.29, 1.82) is 5.26 Å². The Labute approximate surface area is 127 Å². The van der Waals surface area contributed by atoms with E-state index in [4.69, 9.17) is 0 Å². The van der Waals surface area contributed by atoms with E-state index in [1.54, 1.807) is 6.20 Å². The number of anilines is 1. The van der Waals surface area contributed by atoms with Crippen molar-refractivity contribution in [3.05, 3.63) is 41.6 Å². The van der Waals surface area contributed by atoms with Crippen molar-refractivity contribution in [2.24, 2.45) is 0 Å². The third-order valence-electron chi connectivity index (χ3n) is 2.97. The first-order valence-electron chi connectivity index (χ1n) is 7.34. The van der Waals surface area contributed by atoms with Gasteiger partial charge in [-0.25, -0.2) is 0 Å². The summed E-state index contributed by atoms with van der Waals surface area (Å²) in [7, 11) is 0. The van der Waals surface area contributed by atoms with Gasteiger partial charge in [-0.1, -0.05) is 26.0 Å². The SMILES string of the molecule is CCCN(/C=C(/C#N)C(=O)Nc1cccc(C)c1)CCC. The van der Waals surface area contributed by atoms with Gasteiger partial charge in [-0.05, 0) is 37.5 Å². The Morgan fingerprint density at radius 1 is 1.33 bits per heavy atom. The highest BCUT2D eigenvalue weighted by molar-refractivity contribution is 6.06. The lowest BCUT2D eigenvalue weighted by atomic mass is 10.2. The van der Waals surface area contributed by atoms with Crippen molar-refractivity contribution in [2.75, 3.05) is 18.4 Å². The van der Waals surface area contributed by atoms with E-state index < -0.39 is 0 Å². The van der Waals surface area contributed by atoms with Gasteiger partial charge in [0.2, 0.25) is 0 Å². The quantitative estimate of drug-likeness (QED) is 0.616. The number of amides is 1. The summed E-state index contributed by atoms with van der Waals surface area (Å²) >= 11 is 0. The van der Waals surface area contributed by atoms with Crippen LogP contribution in [0.3, 0.4) is 0 Å². The number of hydrogen-bond acceptors (Lipinski definition) is 3. The van der Waals surface area contributed by atoms with Crippen LogP contribution in [0.5, 0.6) is 0 Å². The molecule has 0 spiro atoms. The fourth-order valence-electron chi connectivity index (χ4n) is 2.06. The number of nitriles is 1. The number of hydrogen-bond donors (Lipinski definition) is 1. The monoisotopic (exact) mass is 285 g/mol. The van der Waals surface area contributed by atoms with E-state index in [0.717, 1.165) is 31.5 Å². The topological polar surface area (TPSA) is 56.1 Å². The first-order chi connectivity index (χ1) is 10.1. The summed E-state index contributed by atoms with van der Waals surface area (Å²) in [6, 6.07) is 9.52. The van der Waals surface area contributed by atoms with Crippen molar-refractivity contribution in [3.8, 4) is 6.07 Å². The molecule has 0 aliphatic heterocycles. The molecule has 0 bridgehead atoms. The van der Waals surface area contributed by atoms with Crippen LogP contribution >= 0.6 is 0 Å². The van der Waals surface area contributed by atoms with Gasteiger partial charge in [0.15, 0.2) is 0 Å². The zero-order chi connectivity index (χ0) is 15.7. The number of carbonyl (C=O) groups excluding carboxylic acids is 1. The van der Waals surface area contributed by atoms with E-state index in [-0.39, 0.29) is 11.5 Å². The lowest BCUT2D eigenvalue weighted by molar-refractivity contribution is -0.112. The Morgan fingerprint density at radius 3 is 2.52 bits per heavy atom. The molecule has 4 heteroatoms. The molecule has 1 aromatic carbocycles.